The van der Waals surface area contributed by atoms with Gasteiger partial charge in [0.15, 0.2) is 0 Å². The maximum absolute atomic E-state index is 6.01. The SMILES string of the molecule is CCOC(C1CCCCC1)[Si](C)(C)C. The van der Waals surface area contributed by atoms with E-state index in [1.165, 1.54) is 32.1 Å². The van der Waals surface area contributed by atoms with Crippen molar-refractivity contribution in [3.63, 3.8) is 0 Å². The van der Waals surface area contributed by atoms with Gasteiger partial charge in [-0.05, 0) is 25.7 Å². The molecule has 0 radical (unpaired) electrons. The largest absolute Gasteiger partial charge is 0.382 e. The molecule has 1 nitrogen and oxygen atoms in total. The van der Waals surface area contributed by atoms with E-state index in [0.717, 1.165) is 12.5 Å². The van der Waals surface area contributed by atoms with E-state index in [1.54, 1.807) is 0 Å². The maximum Gasteiger partial charge on any atom is 0.0788 e. The third kappa shape index (κ3) is 3.39. The predicted octanol–water partition coefficient (Wildman–Crippen LogP) is 3.85. The van der Waals surface area contributed by atoms with Crippen LogP contribution in [0, 0.1) is 5.92 Å². The first-order chi connectivity index (χ1) is 6.55. The fraction of sp³-hybridized carbons (Fsp3) is 1.00. The number of hydrogen-bond acceptors (Lipinski definition) is 1. The van der Waals surface area contributed by atoms with Crippen molar-refractivity contribution in [1.29, 1.82) is 0 Å². The van der Waals surface area contributed by atoms with Crippen LogP contribution in [0.4, 0.5) is 0 Å². The summed E-state index contributed by atoms with van der Waals surface area (Å²) < 4.78 is 6.01. The first-order valence-corrected chi connectivity index (χ1v) is 9.75. The second kappa shape index (κ2) is 5.31. The van der Waals surface area contributed by atoms with Crippen LogP contribution in [0.2, 0.25) is 19.6 Å². The normalized spacial score (nSPS) is 22.3. The molecule has 0 aromatic rings. The molecule has 0 spiro atoms. The summed E-state index contributed by atoms with van der Waals surface area (Å²) in [6.07, 6.45) is 7.13. The number of rotatable bonds is 4. The van der Waals surface area contributed by atoms with E-state index in [1.807, 2.05) is 0 Å². The molecule has 1 aliphatic rings. The minimum absolute atomic E-state index is 0.604. The maximum atomic E-state index is 6.01. The zero-order chi connectivity index (χ0) is 10.6. The molecular formula is C12H26OSi. The van der Waals surface area contributed by atoms with Gasteiger partial charge in [-0.3, -0.25) is 0 Å². The molecule has 0 amide bonds. The molecular weight excluding hydrogens is 188 g/mol. The van der Waals surface area contributed by atoms with Gasteiger partial charge in [-0.25, -0.2) is 0 Å². The standard InChI is InChI=1S/C12H26OSi/c1-5-13-12(14(2,3)4)11-9-7-6-8-10-11/h11-12H,5-10H2,1-4H3. The molecule has 84 valence electrons. The van der Waals surface area contributed by atoms with Crippen LogP contribution >= 0.6 is 0 Å². The summed E-state index contributed by atoms with van der Waals surface area (Å²) in [7, 11) is -1.12. The lowest BCUT2D eigenvalue weighted by Crippen LogP contribution is -2.46. The van der Waals surface area contributed by atoms with Gasteiger partial charge in [-0.15, -0.1) is 0 Å². The third-order valence-corrected chi connectivity index (χ3v) is 5.62. The average molecular weight is 214 g/mol. The van der Waals surface area contributed by atoms with Crippen LogP contribution in [0.3, 0.4) is 0 Å². The van der Waals surface area contributed by atoms with Crippen molar-refractivity contribution in [2.24, 2.45) is 5.92 Å². The second-order valence-electron chi connectivity index (χ2n) is 5.64. The molecule has 0 aliphatic heterocycles. The Morgan fingerprint density at radius 1 is 1.14 bits per heavy atom. The van der Waals surface area contributed by atoms with Crippen LogP contribution in [-0.4, -0.2) is 20.4 Å². The Kier molecular flexibility index (Phi) is 4.65. The van der Waals surface area contributed by atoms with E-state index in [-0.39, 0.29) is 0 Å². The van der Waals surface area contributed by atoms with E-state index in [9.17, 15) is 0 Å². The molecule has 0 aromatic heterocycles. The Hall–Kier alpha value is 0.177. The average Bonchev–Trinajstić information content (AvgIpc) is 2.14. The Balaban J connectivity index is 2.56. The Labute approximate surface area is 90.2 Å². The van der Waals surface area contributed by atoms with Crippen LogP contribution < -0.4 is 0 Å². The monoisotopic (exact) mass is 214 g/mol. The summed E-state index contributed by atoms with van der Waals surface area (Å²) in [6.45, 7) is 10.4. The highest BCUT2D eigenvalue weighted by Gasteiger charge is 2.34. The van der Waals surface area contributed by atoms with Crippen molar-refractivity contribution >= 4 is 8.07 Å². The lowest BCUT2D eigenvalue weighted by atomic mass is 9.90. The molecule has 1 rings (SSSR count). The summed E-state index contributed by atoms with van der Waals surface area (Å²) in [5.41, 5.74) is 0.604. The van der Waals surface area contributed by atoms with Gasteiger partial charge >= 0.3 is 0 Å². The minimum atomic E-state index is -1.12. The third-order valence-electron chi connectivity index (χ3n) is 3.28. The van der Waals surface area contributed by atoms with E-state index in [2.05, 4.69) is 26.6 Å². The molecule has 2 heteroatoms. The Morgan fingerprint density at radius 2 is 1.71 bits per heavy atom. The smallest absolute Gasteiger partial charge is 0.0788 e. The van der Waals surface area contributed by atoms with Crippen molar-refractivity contribution in [2.45, 2.75) is 64.4 Å². The van der Waals surface area contributed by atoms with Gasteiger partial charge in [0.25, 0.3) is 0 Å². The lowest BCUT2D eigenvalue weighted by molar-refractivity contribution is 0.0549. The summed E-state index contributed by atoms with van der Waals surface area (Å²) in [6, 6.07) is 0. The zero-order valence-corrected chi connectivity index (χ0v) is 11.3. The highest BCUT2D eigenvalue weighted by molar-refractivity contribution is 6.77. The van der Waals surface area contributed by atoms with E-state index < -0.39 is 8.07 Å². The van der Waals surface area contributed by atoms with Gasteiger partial charge in [0.1, 0.15) is 0 Å². The molecule has 14 heavy (non-hydrogen) atoms. The van der Waals surface area contributed by atoms with Gasteiger partial charge in [-0.1, -0.05) is 38.9 Å². The molecule has 0 N–H and O–H groups in total. The Morgan fingerprint density at radius 3 is 2.14 bits per heavy atom. The second-order valence-corrected chi connectivity index (χ2v) is 10.9. The molecule has 0 bridgehead atoms. The Bertz CT molecular complexity index is 156. The van der Waals surface area contributed by atoms with Gasteiger partial charge in [0, 0.05) is 6.61 Å². The van der Waals surface area contributed by atoms with Crippen LogP contribution in [0.5, 0.6) is 0 Å². The first kappa shape index (κ1) is 12.2. The van der Waals surface area contributed by atoms with Gasteiger partial charge in [0.05, 0.1) is 13.8 Å². The molecule has 1 unspecified atom stereocenters. The lowest BCUT2D eigenvalue weighted by Gasteiger charge is -2.37. The van der Waals surface area contributed by atoms with Gasteiger partial charge in [0.2, 0.25) is 0 Å². The zero-order valence-electron chi connectivity index (χ0n) is 10.3. The van der Waals surface area contributed by atoms with Crippen molar-refractivity contribution in [1.82, 2.24) is 0 Å². The van der Waals surface area contributed by atoms with Crippen molar-refractivity contribution in [2.75, 3.05) is 6.61 Å². The van der Waals surface area contributed by atoms with Gasteiger partial charge < -0.3 is 4.74 Å². The molecule has 1 saturated carbocycles. The topological polar surface area (TPSA) is 9.23 Å². The highest BCUT2D eigenvalue weighted by Crippen LogP contribution is 2.32. The van der Waals surface area contributed by atoms with Crippen LogP contribution in [0.15, 0.2) is 0 Å². The van der Waals surface area contributed by atoms with E-state index in [0.29, 0.717) is 5.73 Å². The van der Waals surface area contributed by atoms with Crippen LogP contribution in [-0.2, 0) is 4.74 Å². The highest BCUT2D eigenvalue weighted by atomic mass is 28.3. The number of ether oxygens (including phenoxy) is 1. The van der Waals surface area contributed by atoms with Crippen molar-refractivity contribution in [3.05, 3.63) is 0 Å². The first-order valence-electron chi connectivity index (χ1n) is 6.17. The molecule has 1 atom stereocenters. The molecule has 0 aromatic carbocycles. The fourth-order valence-electron chi connectivity index (χ4n) is 2.71. The minimum Gasteiger partial charge on any atom is -0.382 e. The predicted molar refractivity (Wildman–Crippen MR) is 65.3 cm³/mol. The van der Waals surface area contributed by atoms with Gasteiger partial charge in [-0.2, -0.15) is 0 Å². The van der Waals surface area contributed by atoms with Crippen molar-refractivity contribution < 1.29 is 4.74 Å². The summed E-state index contributed by atoms with van der Waals surface area (Å²) in [4.78, 5) is 0. The molecule has 0 heterocycles. The molecule has 1 fully saturated rings. The van der Waals surface area contributed by atoms with E-state index >= 15 is 0 Å². The van der Waals surface area contributed by atoms with Crippen LogP contribution in [0.25, 0.3) is 0 Å². The summed E-state index contributed by atoms with van der Waals surface area (Å²) >= 11 is 0. The number of hydrogen-bond donors (Lipinski definition) is 0. The molecule has 0 saturated heterocycles. The summed E-state index contributed by atoms with van der Waals surface area (Å²) in [5, 5.41) is 0. The fourth-order valence-corrected chi connectivity index (χ4v) is 5.12. The molecule has 1 aliphatic carbocycles. The van der Waals surface area contributed by atoms with Crippen molar-refractivity contribution in [3.8, 4) is 0 Å². The summed E-state index contributed by atoms with van der Waals surface area (Å²) in [5.74, 6) is 0.871. The van der Waals surface area contributed by atoms with Crippen LogP contribution in [0.1, 0.15) is 39.0 Å². The quantitative estimate of drug-likeness (QED) is 0.646. The van der Waals surface area contributed by atoms with E-state index in [4.69, 9.17) is 4.74 Å².